The zero-order valence-corrected chi connectivity index (χ0v) is 17.3. The fourth-order valence-electron chi connectivity index (χ4n) is 2.56. The minimum Gasteiger partial charge on any atom is -0.372 e. The van der Waals surface area contributed by atoms with Gasteiger partial charge in [-0.1, -0.05) is 23.5 Å². The largest absolute Gasteiger partial charge is 0.372 e. The fourth-order valence-corrected chi connectivity index (χ4v) is 3.30. The van der Waals surface area contributed by atoms with E-state index in [0.29, 0.717) is 5.01 Å². The molecule has 0 aliphatic carbocycles. The van der Waals surface area contributed by atoms with Crippen LogP contribution in [0.2, 0.25) is 0 Å². The van der Waals surface area contributed by atoms with Crippen LogP contribution in [0, 0.1) is 0 Å². The molecule has 156 valence electrons. The average molecular weight is 427 g/mol. The highest BCUT2D eigenvalue weighted by Crippen LogP contribution is 2.16. The summed E-state index contributed by atoms with van der Waals surface area (Å²) >= 11 is 1.09. The lowest BCUT2D eigenvalue weighted by atomic mass is 10.2. The van der Waals surface area contributed by atoms with Crippen molar-refractivity contribution in [3.8, 4) is 0 Å². The molecular weight excluding hydrogens is 406 g/mol. The van der Waals surface area contributed by atoms with Crippen molar-refractivity contribution in [1.29, 1.82) is 0 Å². The summed E-state index contributed by atoms with van der Waals surface area (Å²) in [7, 11) is 0. The van der Waals surface area contributed by atoms with E-state index in [1.165, 1.54) is 6.33 Å². The molecule has 3 N–H and O–H groups in total. The van der Waals surface area contributed by atoms with Crippen molar-refractivity contribution in [2.45, 2.75) is 20.3 Å². The molecule has 0 spiro atoms. The number of hydrogen-bond acceptors (Lipinski definition) is 9. The second-order valence-corrected chi connectivity index (χ2v) is 7.09. The van der Waals surface area contributed by atoms with Crippen molar-refractivity contribution in [3.63, 3.8) is 0 Å². The number of aromatic nitrogens is 5. The van der Waals surface area contributed by atoms with Crippen molar-refractivity contribution in [2.75, 3.05) is 23.3 Å². The van der Waals surface area contributed by atoms with Gasteiger partial charge in [0.25, 0.3) is 5.91 Å². The molecule has 2 amide bonds. The zero-order chi connectivity index (χ0) is 21.3. The van der Waals surface area contributed by atoms with Crippen molar-refractivity contribution < 1.29 is 9.59 Å². The lowest BCUT2D eigenvalue weighted by Crippen LogP contribution is -2.21. The summed E-state index contributed by atoms with van der Waals surface area (Å²) in [5.41, 5.74) is 4.48. The normalized spacial score (nSPS) is 10.9. The highest BCUT2D eigenvalue weighted by molar-refractivity contribution is 7.15. The highest BCUT2D eigenvalue weighted by atomic mass is 32.1. The lowest BCUT2D eigenvalue weighted by Gasteiger charge is -2.20. The van der Waals surface area contributed by atoms with Gasteiger partial charge in [-0.2, -0.15) is 10.2 Å². The molecule has 3 aromatic rings. The van der Waals surface area contributed by atoms with Crippen molar-refractivity contribution >= 4 is 40.2 Å². The Morgan fingerprint density at radius 1 is 1.20 bits per heavy atom. The Kier molecular flexibility index (Phi) is 7.16. The first-order chi connectivity index (χ1) is 14.6. The molecule has 0 saturated carbocycles. The predicted octanol–water partition coefficient (Wildman–Crippen LogP) is 1.45. The molecule has 2 heterocycles. The Balaban J connectivity index is 1.48. The number of H-pyrrole nitrogens is 1. The van der Waals surface area contributed by atoms with Crippen molar-refractivity contribution in [3.05, 3.63) is 47.0 Å². The molecular formula is C18H21N9O2S. The average Bonchev–Trinajstić information content (AvgIpc) is 3.42. The first kappa shape index (κ1) is 21.0. The van der Waals surface area contributed by atoms with Crippen molar-refractivity contribution in [1.82, 2.24) is 30.8 Å². The van der Waals surface area contributed by atoms with Crippen LogP contribution in [0.3, 0.4) is 0 Å². The molecule has 11 nitrogen and oxygen atoms in total. The fraction of sp³-hybridized carbons (Fsp3) is 0.278. The van der Waals surface area contributed by atoms with Crippen LogP contribution in [0.25, 0.3) is 0 Å². The van der Waals surface area contributed by atoms with E-state index in [-0.39, 0.29) is 23.3 Å². The van der Waals surface area contributed by atoms with Crippen LogP contribution in [-0.2, 0) is 11.2 Å². The maximum atomic E-state index is 12.0. The number of nitrogens with zero attached hydrogens (tertiary/aromatic N) is 6. The van der Waals surface area contributed by atoms with Gasteiger partial charge in [-0.05, 0) is 31.5 Å². The monoisotopic (exact) mass is 427 g/mol. The van der Waals surface area contributed by atoms with E-state index in [2.05, 4.69) is 60.0 Å². The Bertz CT molecular complexity index is 995. The van der Waals surface area contributed by atoms with Crippen LogP contribution >= 0.6 is 11.3 Å². The van der Waals surface area contributed by atoms with Crippen LogP contribution in [0.5, 0.6) is 0 Å². The molecule has 1 aromatic carbocycles. The van der Waals surface area contributed by atoms with Crippen LogP contribution in [0.4, 0.5) is 10.8 Å². The van der Waals surface area contributed by atoms with Gasteiger partial charge in [0.15, 0.2) is 0 Å². The second-order valence-electron chi connectivity index (χ2n) is 6.02. The first-order valence-corrected chi connectivity index (χ1v) is 10.1. The van der Waals surface area contributed by atoms with Gasteiger partial charge in [-0.15, -0.1) is 10.2 Å². The number of benzene rings is 1. The van der Waals surface area contributed by atoms with Gasteiger partial charge in [0.2, 0.25) is 16.9 Å². The Hall–Kier alpha value is -3.67. The smallest absolute Gasteiger partial charge is 0.294 e. The standard InChI is InChI=1S/C18H21N9O2S/c1-3-27(4-2)13-7-5-12(6-8-13)10-20-23-14(28)9-15-24-26-18(30-15)22-17(29)16-19-11-21-25-16/h5-8,10-11H,3-4,9H2,1-2H3,(H,23,28)(H,19,21,25)(H,22,26,29)/b20-10-. The van der Waals surface area contributed by atoms with E-state index in [9.17, 15) is 9.59 Å². The van der Waals surface area contributed by atoms with E-state index >= 15 is 0 Å². The van der Waals surface area contributed by atoms with Crippen LogP contribution in [0.1, 0.15) is 35.0 Å². The summed E-state index contributed by atoms with van der Waals surface area (Å²) < 4.78 is 0. The van der Waals surface area contributed by atoms with Gasteiger partial charge >= 0.3 is 0 Å². The maximum Gasteiger partial charge on any atom is 0.294 e. The molecule has 0 aliphatic rings. The number of hydrazone groups is 1. The summed E-state index contributed by atoms with van der Waals surface area (Å²) in [5, 5.41) is 21.0. The number of nitrogens with one attached hydrogen (secondary N) is 3. The Morgan fingerprint density at radius 3 is 2.63 bits per heavy atom. The van der Waals surface area contributed by atoms with Gasteiger partial charge in [-0.25, -0.2) is 10.4 Å². The molecule has 0 atom stereocenters. The SMILES string of the molecule is CCN(CC)c1ccc(/C=N\NC(=O)Cc2nnc(NC(=O)c3ncn[nH]3)s2)cc1. The minimum atomic E-state index is -0.490. The zero-order valence-electron chi connectivity index (χ0n) is 16.5. The topological polar surface area (TPSA) is 141 Å². The second kappa shape index (κ2) is 10.2. The molecule has 0 unspecified atom stereocenters. The Morgan fingerprint density at radius 2 is 1.97 bits per heavy atom. The number of anilines is 2. The summed E-state index contributed by atoms with van der Waals surface area (Å²) in [6, 6.07) is 7.92. The number of rotatable bonds is 9. The third kappa shape index (κ3) is 5.67. The number of carbonyl (C=O) groups excluding carboxylic acids is 2. The number of amides is 2. The van der Waals surface area contributed by atoms with E-state index in [1.807, 2.05) is 24.3 Å². The van der Waals surface area contributed by atoms with E-state index < -0.39 is 5.91 Å². The summed E-state index contributed by atoms with van der Waals surface area (Å²) in [6.07, 6.45) is 2.80. The highest BCUT2D eigenvalue weighted by Gasteiger charge is 2.14. The lowest BCUT2D eigenvalue weighted by molar-refractivity contribution is -0.120. The first-order valence-electron chi connectivity index (χ1n) is 9.25. The van der Waals surface area contributed by atoms with Crippen LogP contribution in [-0.4, -0.2) is 56.5 Å². The minimum absolute atomic E-state index is 0.00587. The molecule has 2 aromatic heterocycles. The van der Waals surface area contributed by atoms with Gasteiger partial charge in [0.1, 0.15) is 11.3 Å². The third-order valence-corrected chi connectivity index (χ3v) is 4.89. The Labute approximate surface area is 176 Å². The summed E-state index contributed by atoms with van der Waals surface area (Å²) in [6.45, 7) is 6.10. The molecule has 0 radical (unpaired) electrons. The van der Waals surface area contributed by atoms with E-state index in [1.54, 1.807) is 6.21 Å². The van der Waals surface area contributed by atoms with Crippen LogP contribution in [0.15, 0.2) is 35.7 Å². The molecule has 0 aliphatic heterocycles. The van der Waals surface area contributed by atoms with Gasteiger partial charge in [0.05, 0.1) is 12.6 Å². The van der Waals surface area contributed by atoms with Gasteiger partial charge in [-0.3, -0.25) is 20.0 Å². The van der Waals surface area contributed by atoms with Gasteiger partial charge in [0, 0.05) is 18.8 Å². The molecule has 0 saturated heterocycles. The predicted molar refractivity (Wildman–Crippen MR) is 114 cm³/mol. The number of aromatic amines is 1. The number of carbonyl (C=O) groups is 2. The quantitative estimate of drug-likeness (QED) is 0.347. The molecule has 3 rings (SSSR count). The molecule has 0 bridgehead atoms. The van der Waals surface area contributed by atoms with E-state index in [0.717, 1.165) is 35.7 Å². The third-order valence-electron chi connectivity index (χ3n) is 4.05. The molecule has 30 heavy (non-hydrogen) atoms. The van der Waals surface area contributed by atoms with E-state index in [4.69, 9.17) is 0 Å². The maximum absolute atomic E-state index is 12.0. The van der Waals surface area contributed by atoms with Crippen LogP contribution < -0.4 is 15.6 Å². The number of hydrogen-bond donors (Lipinski definition) is 3. The molecule has 12 heteroatoms. The van der Waals surface area contributed by atoms with Crippen molar-refractivity contribution in [2.24, 2.45) is 5.10 Å². The summed E-state index contributed by atoms with van der Waals surface area (Å²) in [4.78, 5) is 29.9. The molecule has 0 fully saturated rings. The van der Waals surface area contributed by atoms with Gasteiger partial charge < -0.3 is 4.90 Å². The summed E-state index contributed by atoms with van der Waals surface area (Å²) in [5.74, 6) is -0.768.